The number of rotatable bonds is 5. The highest BCUT2D eigenvalue weighted by molar-refractivity contribution is 7.99. The molecule has 0 aromatic heterocycles. The Morgan fingerprint density at radius 3 is 2.06 bits per heavy atom. The lowest BCUT2D eigenvalue weighted by molar-refractivity contribution is 0.167. The van der Waals surface area contributed by atoms with Gasteiger partial charge in [0.05, 0.1) is 11.4 Å². The van der Waals surface area contributed by atoms with Crippen LogP contribution in [0.5, 0.6) is 0 Å². The molecule has 0 bridgehead atoms. The van der Waals surface area contributed by atoms with E-state index in [2.05, 4.69) is 24.3 Å². The van der Waals surface area contributed by atoms with E-state index in [1.54, 1.807) is 11.8 Å². The van der Waals surface area contributed by atoms with Crippen molar-refractivity contribution >= 4 is 11.8 Å². The molecular weight excluding hydrogens is 240 g/mol. The first-order valence-electron chi connectivity index (χ1n) is 6.26. The van der Waals surface area contributed by atoms with Crippen LogP contribution in [0.25, 0.3) is 0 Å². The fraction of sp³-hybridized carbons (Fsp3) is 0.250. The molecule has 0 radical (unpaired) electrons. The maximum absolute atomic E-state index is 10.2. The van der Waals surface area contributed by atoms with Gasteiger partial charge in [-0.25, -0.2) is 0 Å². The summed E-state index contributed by atoms with van der Waals surface area (Å²) in [5, 5.41) is 10.3. The molecular formula is C16H18OS. The number of benzene rings is 2. The molecule has 0 unspecified atom stereocenters. The molecule has 2 rings (SSSR count). The molecule has 18 heavy (non-hydrogen) atoms. The second-order valence-corrected chi connectivity index (χ2v) is 5.45. The van der Waals surface area contributed by atoms with Gasteiger partial charge in [-0.2, -0.15) is 0 Å². The average molecular weight is 258 g/mol. The van der Waals surface area contributed by atoms with Crippen LogP contribution < -0.4 is 0 Å². The summed E-state index contributed by atoms with van der Waals surface area (Å²) in [4.78, 5) is 1.19. The number of aliphatic hydroxyl groups excluding tert-OH is 1. The second kappa shape index (κ2) is 6.62. The highest BCUT2D eigenvalue weighted by Crippen LogP contribution is 2.38. The minimum absolute atomic E-state index is 0.0959. The summed E-state index contributed by atoms with van der Waals surface area (Å²) in [5.41, 5.74) is 1.18. The summed E-state index contributed by atoms with van der Waals surface area (Å²) in [6.45, 7) is 2.02. The van der Waals surface area contributed by atoms with Crippen molar-refractivity contribution in [3.8, 4) is 0 Å². The summed E-state index contributed by atoms with van der Waals surface area (Å²) in [7, 11) is 0. The van der Waals surface area contributed by atoms with Gasteiger partial charge in [0, 0.05) is 4.90 Å². The Hall–Kier alpha value is -1.25. The topological polar surface area (TPSA) is 20.2 Å². The number of thioether (sulfide) groups is 1. The zero-order valence-corrected chi connectivity index (χ0v) is 11.3. The standard InChI is InChI=1S/C16H18OS/c1-2-15(17)16(13-9-5-3-6-10-13)18-14-11-7-4-8-12-14/h3-12,15-17H,2H2,1H3/t15-,16-/m1/s1. The smallest absolute Gasteiger partial charge is 0.0700 e. The molecule has 0 heterocycles. The van der Waals surface area contributed by atoms with E-state index < -0.39 is 0 Å². The van der Waals surface area contributed by atoms with Gasteiger partial charge in [0.25, 0.3) is 0 Å². The van der Waals surface area contributed by atoms with Crippen molar-refractivity contribution in [3.63, 3.8) is 0 Å². The van der Waals surface area contributed by atoms with E-state index in [0.29, 0.717) is 0 Å². The zero-order valence-electron chi connectivity index (χ0n) is 10.5. The summed E-state index contributed by atoms with van der Waals surface area (Å²) < 4.78 is 0. The van der Waals surface area contributed by atoms with Crippen molar-refractivity contribution in [2.24, 2.45) is 0 Å². The SMILES string of the molecule is CC[C@@H](O)[C@H](Sc1ccccc1)c1ccccc1. The lowest BCUT2D eigenvalue weighted by atomic mass is 10.1. The third-order valence-corrected chi connectivity index (χ3v) is 4.29. The lowest BCUT2D eigenvalue weighted by Crippen LogP contribution is -2.14. The Balaban J connectivity index is 2.21. The Morgan fingerprint density at radius 1 is 0.944 bits per heavy atom. The van der Waals surface area contributed by atoms with Crippen molar-refractivity contribution in [1.29, 1.82) is 0 Å². The Bertz CT molecular complexity index is 455. The monoisotopic (exact) mass is 258 g/mol. The molecule has 0 amide bonds. The molecule has 2 aromatic carbocycles. The quantitative estimate of drug-likeness (QED) is 0.807. The summed E-state index contributed by atoms with van der Waals surface area (Å²) in [6.07, 6.45) is 0.442. The van der Waals surface area contributed by atoms with Gasteiger partial charge >= 0.3 is 0 Å². The minimum Gasteiger partial charge on any atom is -0.392 e. The van der Waals surface area contributed by atoms with Crippen molar-refractivity contribution < 1.29 is 5.11 Å². The second-order valence-electron chi connectivity index (χ2n) is 4.24. The van der Waals surface area contributed by atoms with Gasteiger partial charge in [0.15, 0.2) is 0 Å². The van der Waals surface area contributed by atoms with Gasteiger partial charge in [0.2, 0.25) is 0 Å². The fourth-order valence-corrected chi connectivity index (χ4v) is 3.12. The van der Waals surface area contributed by atoms with Gasteiger partial charge < -0.3 is 5.11 Å². The summed E-state index contributed by atoms with van der Waals surface area (Å²) in [6, 6.07) is 20.5. The largest absolute Gasteiger partial charge is 0.392 e. The first-order valence-corrected chi connectivity index (χ1v) is 7.14. The molecule has 1 nitrogen and oxygen atoms in total. The van der Waals surface area contributed by atoms with Crippen LogP contribution in [0, 0.1) is 0 Å². The van der Waals surface area contributed by atoms with Crippen molar-refractivity contribution in [3.05, 3.63) is 66.2 Å². The molecule has 0 saturated carbocycles. The molecule has 2 aromatic rings. The molecule has 0 aliphatic heterocycles. The molecule has 0 aliphatic rings. The van der Waals surface area contributed by atoms with Crippen molar-refractivity contribution in [1.82, 2.24) is 0 Å². The third kappa shape index (κ3) is 3.37. The van der Waals surface area contributed by atoms with Gasteiger partial charge in [-0.05, 0) is 24.1 Å². The predicted octanol–water partition coefficient (Wildman–Crippen LogP) is 4.29. The summed E-state index contributed by atoms with van der Waals surface area (Å²) in [5.74, 6) is 0. The highest BCUT2D eigenvalue weighted by Gasteiger charge is 2.20. The van der Waals surface area contributed by atoms with Crippen LogP contribution in [0.1, 0.15) is 24.2 Å². The van der Waals surface area contributed by atoms with Crippen LogP contribution in [0.3, 0.4) is 0 Å². The molecule has 2 heteroatoms. The Kier molecular flexibility index (Phi) is 4.85. The van der Waals surface area contributed by atoms with E-state index >= 15 is 0 Å². The van der Waals surface area contributed by atoms with E-state index in [1.807, 2.05) is 43.3 Å². The Labute approximate surface area is 113 Å². The van der Waals surface area contributed by atoms with Crippen molar-refractivity contribution in [2.45, 2.75) is 29.6 Å². The van der Waals surface area contributed by atoms with Crippen LogP contribution in [0.15, 0.2) is 65.6 Å². The van der Waals surface area contributed by atoms with Crippen LogP contribution >= 0.6 is 11.8 Å². The first kappa shape index (κ1) is 13.2. The van der Waals surface area contributed by atoms with Gasteiger partial charge in [0.1, 0.15) is 0 Å². The molecule has 94 valence electrons. The van der Waals surface area contributed by atoms with Gasteiger partial charge in [-0.3, -0.25) is 0 Å². The molecule has 0 aliphatic carbocycles. The zero-order chi connectivity index (χ0) is 12.8. The minimum atomic E-state index is -0.322. The predicted molar refractivity (Wildman–Crippen MR) is 77.8 cm³/mol. The van der Waals surface area contributed by atoms with Gasteiger partial charge in [-0.1, -0.05) is 55.5 Å². The maximum Gasteiger partial charge on any atom is 0.0700 e. The average Bonchev–Trinajstić information content (AvgIpc) is 2.46. The number of hydrogen-bond donors (Lipinski definition) is 1. The maximum atomic E-state index is 10.2. The van der Waals surface area contributed by atoms with Gasteiger partial charge in [-0.15, -0.1) is 11.8 Å². The van der Waals surface area contributed by atoms with E-state index in [0.717, 1.165) is 6.42 Å². The first-order chi connectivity index (χ1) is 8.81. The van der Waals surface area contributed by atoms with Crippen LogP contribution in [0.4, 0.5) is 0 Å². The normalized spacial score (nSPS) is 14.1. The summed E-state index contributed by atoms with van der Waals surface area (Å²) >= 11 is 1.72. The molecule has 0 fully saturated rings. The van der Waals surface area contributed by atoms with Crippen LogP contribution in [0.2, 0.25) is 0 Å². The fourth-order valence-electron chi connectivity index (χ4n) is 1.87. The molecule has 0 saturated heterocycles. The highest BCUT2D eigenvalue weighted by atomic mass is 32.2. The van der Waals surface area contributed by atoms with E-state index in [4.69, 9.17) is 0 Å². The lowest BCUT2D eigenvalue weighted by Gasteiger charge is -2.22. The van der Waals surface area contributed by atoms with Crippen LogP contribution in [-0.2, 0) is 0 Å². The van der Waals surface area contributed by atoms with Crippen molar-refractivity contribution in [2.75, 3.05) is 0 Å². The van der Waals surface area contributed by atoms with Crippen LogP contribution in [-0.4, -0.2) is 11.2 Å². The van der Waals surface area contributed by atoms with E-state index in [-0.39, 0.29) is 11.4 Å². The molecule has 1 N–H and O–H groups in total. The van der Waals surface area contributed by atoms with E-state index in [1.165, 1.54) is 10.5 Å². The Morgan fingerprint density at radius 2 is 1.50 bits per heavy atom. The number of hydrogen-bond acceptors (Lipinski definition) is 2. The molecule has 2 atom stereocenters. The van der Waals surface area contributed by atoms with E-state index in [9.17, 15) is 5.11 Å². The third-order valence-electron chi connectivity index (χ3n) is 2.90. The molecule has 0 spiro atoms. The number of aliphatic hydroxyl groups is 1.